The minimum absolute atomic E-state index is 0.0615. The van der Waals surface area contributed by atoms with Gasteiger partial charge in [-0.1, -0.05) is 25.5 Å². The lowest BCUT2D eigenvalue weighted by Crippen LogP contribution is -2.51. The maximum Gasteiger partial charge on any atom is 0.0759 e. The van der Waals surface area contributed by atoms with Crippen molar-refractivity contribution in [3.63, 3.8) is 0 Å². The van der Waals surface area contributed by atoms with E-state index in [9.17, 15) is 5.11 Å². The fourth-order valence-electron chi connectivity index (χ4n) is 7.02. The van der Waals surface area contributed by atoms with Crippen LogP contribution in [0.3, 0.4) is 0 Å². The third-order valence-electron chi connectivity index (χ3n) is 8.47. The summed E-state index contributed by atoms with van der Waals surface area (Å²) in [5.41, 5.74) is 7.83. The van der Waals surface area contributed by atoms with Crippen LogP contribution in [0.4, 0.5) is 0 Å². The first-order chi connectivity index (χ1) is 11.5. The molecule has 3 N–H and O–H groups in total. The molecule has 24 heavy (non-hydrogen) atoms. The van der Waals surface area contributed by atoms with E-state index in [1.165, 1.54) is 38.5 Å². The normalized spacial score (nSPS) is 50.7. The zero-order chi connectivity index (χ0) is 16.9. The maximum atomic E-state index is 10.5. The highest BCUT2D eigenvalue weighted by Gasteiger charge is 2.58. The zero-order valence-electron chi connectivity index (χ0n) is 15.5. The summed E-state index contributed by atoms with van der Waals surface area (Å²) in [5, 5.41) is 10.5. The number of aliphatic hydroxyl groups excluding tert-OH is 1. The van der Waals surface area contributed by atoms with E-state index in [1.54, 1.807) is 5.57 Å². The average Bonchev–Trinajstić information content (AvgIpc) is 2.88. The van der Waals surface area contributed by atoms with Gasteiger partial charge in [-0.15, -0.1) is 0 Å². The standard InChI is InChI=1S/C21H35NO2/c1-20-9-7-15(24-12-11-22)13-14(20)3-4-16-17-5-6-19(23)21(17,2)10-8-18(16)20/h13,15-19,23H,3-12,22H2,1-2H3/t15?,16-,17-,18+,19?,20-,21-/m0/s1. The lowest BCUT2D eigenvalue weighted by atomic mass is 9.47. The average molecular weight is 334 g/mol. The molecule has 4 rings (SSSR count). The number of rotatable bonds is 3. The number of nitrogens with two attached hydrogens (primary N) is 1. The molecular formula is C21H35NO2. The minimum Gasteiger partial charge on any atom is -0.393 e. The second-order valence-corrected chi connectivity index (χ2v) is 9.40. The lowest BCUT2D eigenvalue weighted by molar-refractivity contribution is -0.0778. The molecule has 0 aliphatic heterocycles. The van der Waals surface area contributed by atoms with E-state index in [-0.39, 0.29) is 17.6 Å². The molecule has 3 heteroatoms. The predicted octanol–water partition coefficient (Wildman–Crippen LogP) is 3.65. The van der Waals surface area contributed by atoms with Crippen LogP contribution in [0.25, 0.3) is 0 Å². The maximum absolute atomic E-state index is 10.5. The van der Waals surface area contributed by atoms with Gasteiger partial charge in [0.1, 0.15) is 0 Å². The van der Waals surface area contributed by atoms with E-state index in [4.69, 9.17) is 10.5 Å². The summed E-state index contributed by atoms with van der Waals surface area (Å²) in [6.45, 7) is 6.19. The topological polar surface area (TPSA) is 55.5 Å². The summed E-state index contributed by atoms with van der Waals surface area (Å²) in [6.07, 6.45) is 12.4. The van der Waals surface area contributed by atoms with Crippen LogP contribution in [-0.4, -0.2) is 30.5 Å². The highest BCUT2D eigenvalue weighted by molar-refractivity contribution is 5.25. The van der Waals surface area contributed by atoms with Gasteiger partial charge in [0, 0.05) is 6.54 Å². The Morgan fingerprint density at radius 2 is 1.96 bits per heavy atom. The monoisotopic (exact) mass is 333 g/mol. The first-order valence-electron chi connectivity index (χ1n) is 10.2. The van der Waals surface area contributed by atoms with Gasteiger partial charge in [-0.25, -0.2) is 0 Å². The van der Waals surface area contributed by atoms with Gasteiger partial charge in [0.05, 0.1) is 18.8 Å². The van der Waals surface area contributed by atoms with E-state index < -0.39 is 0 Å². The molecule has 7 atom stereocenters. The zero-order valence-corrected chi connectivity index (χ0v) is 15.5. The minimum atomic E-state index is -0.0615. The predicted molar refractivity (Wildman–Crippen MR) is 96.5 cm³/mol. The first-order valence-corrected chi connectivity index (χ1v) is 10.2. The molecule has 0 heterocycles. The number of ether oxygens (including phenoxy) is 1. The van der Waals surface area contributed by atoms with Crippen molar-refractivity contribution in [2.45, 2.75) is 77.4 Å². The second kappa shape index (κ2) is 6.10. The van der Waals surface area contributed by atoms with Crippen LogP contribution in [0.2, 0.25) is 0 Å². The van der Waals surface area contributed by atoms with Gasteiger partial charge >= 0.3 is 0 Å². The Bertz CT molecular complexity index is 518. The molecule has 0 aromatic rings. The molecule has 3 saturated carbocycles. The van der Waals surface area contributed by atoms with Crippen LogP contribution in [0.1, 0.15) is 65.2 Å². The van der Waals surface area contributed by atoms with Gasteiger partial charge in [0.2, 0.25) is 0 Å². The number of aliphatic hydroxyl groups is 1. The second-order valence-electron chi connectivity index (χ2n) is 9.40. The molecule has 0 aromatic carbocycles. The molecular weight excluding hydrogens is 298 g/mol. The van der Waals surface area contributed by atoms with Crippen molar-refractivity contribution in [3.05, 3.63) is 11.6 Å². The highest BCUT2D eigenvalue weighted by Crippen LogP contribution is 2.65. The van der Waals surface area contributed by atoms with Gasteiger partial charge in [-0.2, -0.15) is 0 Å². The quantitative estimate of drug-likeness (QED) is 0.775. The van der Waals surface area contributed by atoms with Gasteiger partial charge in [0.15, 0.2) is 0 Å². The van der Waals surface area contributed by atoms with Gasteiger partial charge in [0.25, 0.3) is 0 Å². The summed E-state index contributed by atoms with van der Waals surface area (Å²) in [7, 11) is 0. The summed E-state index contributed by atoms with van der Waals surface area (Å²) < 4.78 is 5.93. The summed E-state index contributed by atoms with van der Waals surface area (Å²) >= 11 is 0. The third-order valence-corrected chi connectivity index (χ3v) is 8.47. The smallest absolute Gasteiger partial charge is 0.0759 e. The molecule has 0 aromatic heterocycles. The van der Waals surface area contributed by atoms with Crippen LogP contribution < -0.4 is 5.73 Å². The number of hydrogen-bond acceptors (Lipinski definition) is 3. The van der Waals surface area contributed by atoms with Crippen LogP contribution in [0.5, 0.6) is 0 Å². The van der Waals surface area contributed by atoms with E-state index in [0.29, 0.717) is 18.6 Å². The SMILES string of the molecule is C[C@]12CCC(OCCN)C=C1CC[C@@H]1[C@H]2CC[C@]2(C)C(O)CC[C@@H]12. The van der Waals surface area contributed by atoms with Crippen molar-refractivity contribution in [3.8, 4) is 0 Å². The molecule has 3 nitrogen and oxygen atoms in total. The summed E-state index contributed by atoms with van der Waals surface area (Å²) in [6, 6.07) is 0. The molecule has 0 bridgehead atoms. The molecule has 0 amide bonds. The van der Waals surface area contributed by atoms with Crippen molar-refractivity contribution >= 4 is 0 Å². The largest absolute Gasteiger partial charge is 0.393 e. The lowest BCUT2D eigenvalue weighted by Gasteiger charge is -2.58. The van der Waals surface area contributed by atoms with Crippen molar-refractivity contribution in [2.24, 2.45) is 34.3 Å². The van der Waals surface area contributed by atoms with E-state index in [2.05, 4.69) is 19.9 Å². The van der Waals surface area contributed by atoms with Crippen molar-refractivity contribution < 1.29 is 9.84 Å². The molecule has 2 unspecified atom stereocenters. The molecule has 136 valence electrons. The number of hydrogen-bond donors (Lipinski definition) is 2. The van der Waals surface area contributed by atoms with E-state index in [0.717, 1.165) is 30.6 Å². The fourth-order valence-corrected chi connectivity index (χ4v) is 7.02. The highest BCUT2D eigenvalue weighted by atomic mass is 16.5. The van der Waals surface area contributed by atoms with E-state index in [1.807, 2.05) is 0 Å². The van der Waals surface area contributed by atoms with Crippen molar-refractivity contribution in [2.75, 3.05) is 13.2 Å². The van der Waals surface area contributed by atoms with Gasteiger partial charge in [-0.3, -0.25) is 0 Å². The summed E-state index contributed by atoms with van der Waals surface area (Å²) in [5.74, 6) is 2.39. The Kier molecular flexibility index (Phi) is 4.34. The molecule has 4 aliphatic carbocycles. The molecule has 3 fully saturated rings. The summed E-state index contributed by atoms with van der Waals surface area (Å²) in [4.78, 5) is 0. The fraction of sp³-hybridized carbons (Fsp3) is 0.905. The van der Waals surface area contributed by atoms with Crippen LogP contribution in [0, 0.1) is 28.6 Å². The first kappa shape index (κ1) is 17.1. The Morgan fingerprint density at radius 1 is 1.12 bits per heavy atom. The van der Waals surface area contributed by atoms with Crippen molar-refractivity contribution in [1.82, 2.24) is 0 Å². The Balaban J connectivity index is 1.56. The molecule has 0 radical (unpaired) electrons. The van der Waals surface area contributed by atoms with Crippen molar-refractivity contribution in [1.29, 1.82) is 0 Å². The van der Waals surface area contributed by atoms with E-state index >= 15 is 0 Å². The molecule has 4 aliphatic rings. The van der Waals surface area contributed by atoms with Crippen LogP contribution in [-0.2, 0) is 4.74 Å². The Morgan fingerprint density at radius 3 is 2.75 bits per heavy atom. The van der Waals surface area contributed by atoms with Crippen LogP contribution in [0.15, 0.2) is 11.6 Å². The van der Waals surface area contributed by atoms with Gasteiger partial charge in [-0.05, 0) is 80.0 Å². The Hall–Kier alpha value is -0.380. The molecule has 0 saturated heterocycles. The Labute approximate surface area is 147 Å². The molecule has 0 spiro atoms. The van der Waals surface area contributed by atoms with Crippen LogP contribution >= 0.6 is 0 Å². The van der Waals surface area contributed by atoms with Gasteiger partial charge < -0.3 is 15.6 Å². The third kappa shape index (κ3) is 2.42. The number of allylic oxidation sites excluding steroid dienone is 1. The number of fused-ring (bicyclic) bond motifs is 5.